The summed E-state index contributed by atoms with van der Waals surface area (Å²) in [4.78, 5) is 12.8. The Balaban J connectivity index is 1.76. The lowest BCUT2D eigenvalue weighted by molar-refractivity contribution is 0.0161. The van der Waals surface area contributed by atoms with Crippen molar-refractivity contribution in [2.24, 2.45) is 5.73 Å². The molecular formula is C15H20ClFN2O4. The molecule has 1 amide bonds. The monoisotopic (exact) mass is 346 g/mol. The van der Waals surface area contributed by atoms with Crippen molar-refractivity contribution >= 4 is 17.7 Å². The Labute approximate surface area is 138 Å². The summed E-state index contributed by atoms with van der Waals surface area (Å²) in [5.74, 6) is -0.263. The van der Waals surface area contributed by atoms with Gasteiger partial charge in [-0.05, 0) is 31.5 Å². The largest absolute Gasteiger partial charge is 0.491 e. The van der Waals surface area contributed by atoms with Gasteiger partial charge in [0.15, 0.2) is 0 Å². The van der Waals surface area contributed by atoms with Crippen LogP contribution in [0.5, 0.6) is 5.75 Å². The van der Waals surface area contributed by atoms with Crippen molar-refractivity contribution in [1.29, 1.82) is 0 Å². The summed E-state index contributed by atoms with van der Waals surface area (Å²) in [6.45, 7) is 1.72. The number of amides is 1. The first-order valence-corrected chi connectivity index (χ1v) is 7.76. The first-order valence-electron chi connectivity index (χ1n) is 7.38. The van der Waals surface area contributed by atoms with E-state index in [1.807, 2.05) is 4.90 Å². The van der Waals surface area contributed by atoms with Crippen LogP contribution in [0.15, 0.2) is 18.2 Å². The minimum atomic E-state index is -0.787. The SMILES string of the molecule is NC(=O)O[C@@H]1CCCN(CC(O)COc2ccc(Cl)c(F)c2)C1. The van der Waals surface area contributed by atoms with Crippen LogP contribution < -0.4 is 10.5 Å². The van der Waals surface area contributed by atoms with Crippen LogP contribution >= 0.6 is 11.6 Å². The van der Waals surface area contributed by atoms with Gasteiger partial charge in [-0.3, -0.25) is 4.90 Å². The molecule has 0 saturated carbocycles. The van der Waals surface area contributed by atoms with E-state index in [9.17, 15) is 14.3 Å². The lowest BCUT2D eigenvalue weighted by atomic mass is 10.1. The number of benzene rings is 1. The molecule has 8 heteroatoms. The van der Waals surface area contributed by atoms with Crippen molar-refractivity contribution in [2.45, 2.75) is 25.0 Å². The molecule has 1 unspecified atom stereocenters. The number of hydrogen-bond acceptors (Lipinski definition) is 5. The third kappa shape index (κ3) is 5.85. The van der Waals surface area contributed by atoms with Gasteiger partial charge in [0.25, 0.3) is 0 Å². The summed E-state index contributed by atoms with van der Waals surface area (Å²) >= 11 is 5.59. The zero-order valence-corrected chi connectivity index (χ0v) is 13.3. The molecular weight excluding hydrogens is 327 g/mol. The van der Waals surface area contributed by atoms with Gasteiger partial charge in [0.05, 0.1) is 5.02 Å². The third-order valence-electron chi connectivity index (χ3n) is 3.55. The first kappa shape index (κ1) is 17.8. The van der Waals surface area contributed by atoms with Crippen molar-refractivity contribution < 1.29 is 23.8 Å². The zero-order valence-electron chi connectivity index (χ0n) is 12.6. The second kappa shape index (κ2) is 8.33. The van der Waals surface area contributed by atoms with Gasteiger partial charge in [-0.2, -0.15) is 0 Å². The molecule has 1 aromatic rings. The normalized spacial score (nSPS) is 20.0. The molecule has 23 heavy (non-hydrogen) atoms. The minimum absolute atomic E-state index is 0.0201. The fraction of sp³-hybridized carbons (Fsp3) is 0.533. The van der Waals surface area contributed by atoms with Gasteiger partial charge >= 0.3 is 6.09 Å². The van der Waals surface area contributed by atoms with Crippen molar-refractivity contribution in [2.75, 3.05) is 26.2 Å². The van der Waals surface area contributed by atoms with E-state index < -0.39 is 18.0 Å². The Hall–Kier alpha value is -1.57. The van der Waals surface area contributed by atoms with Crippen LogP contribution in [-0.4, -0.2) is 54.5 Å². The van der Waals surface area contributed by atoms with Crippen LogP contribution in [0.4, 0.5) is 9.18 Å². The molecule has 0 aliphatic carbocycles. The Bertz CT molecular complexity index is 546. The summed E-state index contributed by atoms with van der Waals surface area (Å²) in [7, 11) is 0. The number of aliphatic hydroxyl groups is 1. The molecule has 2 rings (SSSR count). The number of β-amino-alcohol motifs (C(OH)–C–C–N with tert-alkyl or cyclic N) is 1. The Morgan fingerprint density at radius 2 is 2.35 bits per heavy atom. The Morgan fingerprint density at radius 3 is 3.04 bits per heavy atom. The van der Waals surface area contributed by atoms with Gasteiger partial charge in [0.2, 0.25) is 0 Å². The zero-order chi connectivity index (χ0) is 16.8. The van der Waals surface area contributed by atoms with E-state index in [-0.39, 0.29) is 17.7 Å². The summed E-state index contributed by atoms with van der Waals surface area (Å²) < 4.78 is 23.6. The number of primary amides is 1. The first-order chi connectivity index (χ1) is 10.9. The van der Waals surface area contributed by atoms with Crippen molar-refractivity contribution in [3.05, 3.63) is 29.0 Å². The predicted molar refractivity (Wildman–Crippen MR) is 83.0 cm³/mol. The van der Waals surface area contributed by atoms with Crippen LogP contribution in [0.3, 0.4) is 0 Å². The van der Waals surface area contributed by atoms with Crippen molar-refractivity contribution in [1.82, 2.24) is 4.90 Å². The number of hydrogen-bond donors (Lipinski definition) is 2. The molecule has 0 bridgehead atoms. The number of aliphatic hydroxyl groups excluding tert-OH is 1. The number of carbonyl (C=O) groups excluding carboxylic acids is 1. The molecule has 1 aliphatic rings. The molecule has 1 aromatic carbocycles. The second-order valence-corrected chi connectivity index (χ2v) is 5.91. The van der Waals surface area contributed by atoms with Gasteiger partial charge in [0.1, 0.15) is 30.4 Å². The average molecular weight is 347 g/mol. The van der Waals surface area contributed by atoms with Crippen LogP contribution in [0.2, 0.25) is 5.02 Å². The van der Waals surface area contributed by atoms with Crippen LogP contribution in [0, 0.1) is 5.82 Å². The highest BCUT2D eigenvalue weighted by molar-refractivity contribution is 6.30. The van der Waals surface area contributed by atoms with Gasteiger partial charge in [-0.15, -0.1) is 0 Å². The maximum absolute atomic E-state index is 13.3. The number of carbonyl (C=O) groups is 1. The number of ether oxygens (including phenoxy) is 2. The summed E-state index contributed by atoms with van der Waals surface area (Å²) in [5, 5.41) is 10.1. The van der Waals surface area contributed by atoms with Gasteiger partial charge in [-0.1, -0.05) is 11.6 Å². The standard InChI is InChI=1S/C15H20ClFN2O4/c16-13-4-3-11(6-14(13)17)22-9-10(20)7-19-5-1-2-12(8-19)23-15(18)21/h3-4,6,10,12,20H,1-2,5,7-9H2,(H2,18,21)/t10?,12-/m1/s1. The summed E-state index contributed by atoms with van der Waals surface area (Å²) in [5.41, 5.74) is 5.02. The third-order valence-corrected chi connectivity index (χ3v) is 3.85. The second-order valence-electron chi connectivity index (χ2n) is 5.50. The van der Waals surface area contributed by atoms with Crippen LogP contribution in [0.25, 0.3) is 0 Å². The molecule has 0 spiro atoms. The van der Waals surface area contributed by atoms with E-state index in [0.717, 1.165) is 19.4 Å². The predicted octanol–water partition coefficient (Wildman–Crippen LogP) is 1.78. The maximum atomic E-state index is 13.3. The Morgan fingerprint density at radius 1 is 1.57 bits per heavy atom. The van der Waals surface area contributed by atoms with Gasteiger partial charge < -0.3 is 20.3 Å². The smallest absolute Gasteiger partial charge is 0.404 e. The van der Waals surface area contributed by atoms with Crippen molar-refractivity contribution in [3.8, 4) is 5.75 Å². The van der Waals surface area contributed by atoms with Gasteiger partial charge in [-0.25, -0.2) is 9.18 Å². The van der Waals surface area contributed by atoms with Gasteiger partial charge in [0, 0.05) is 19.2 Å². The highest BCUT2D eigenvalue weighted by Gasteiger charge is 2.24. The fourth-order valence-electron chi connectivity index (χ4n) is 2.55. The highest BCUT2D eigenvalue weighted by atomic mass is 35.5. The number of nitrogens with two attached hydrogens (primary N) is 1. The molecule has 1 fully saturated rings. The quantitative estimate of drug-likeness (QED) is 0.820. The highest BCUT2D eigenvalue weighted by Crippen LogP contribution is 2.20. The molecule has 1 saturated heterocycles. The number of piperidine rings is 1. The van der Waals surface area contributed by atoms with E-state index in [1.54, 1.807) is 0 Å². The van der Waals surface area contributed by atoms with Crippen LogP contribution in [-0.2, 0) is 4.74 Å². The lowest BCUT2D eigenvalue weighted by Crippen LogP contribution is -2.45. The van der Waals surface area contributed by atoms with E-state index in [4.69, 9.17) is 26.8 Å². The molecule has 0 radical (unpaired) electrons. The van der Waals surface area contributed by atoms with Crippen LogP contribution in [0.1, 0.15) is 12.8 Å². The molecule has 128 valence electrons. The molecule has 1 aliphatic heterocycles. The molecule has 1 heterocycles. The molecule has 3 N–H and O–H groups in total. The summed E-state index contributed by atoms with van der Waals surface area (Å²) in [6, 6.07) is 4.11. The van der Waals surface area contributed by atoms with E-state index in [1.165, 1.54) is 18.2 Å². The number of likely N-dealkylation sites (tertiary alicyclic amines) is 1. The number of halogens is 2. The number of nitrogens with zero attached hydrogens (tertiary/aromatic N) is 1. The fourth-order valence-corrected chi connectivity index (χ4v) is 2.67. The van der Waals surface area contributed by atoms with Crippen molar-refractivity contribution in [3.63, 3.8) is 0 Å². The molecule has 6 nitrogen and oxygen atoms in total. The van der Waals surface area contributed by atoms with E-state index in [2.05, 4.69) is 0 Å². The maximum Gasteiger partial charge on any atom is 0.404 e. The van der Waals surface area contributed by atoms with E-state index >= 15 is 0 Å². The van der Waals surface area contributed by atoms with E-state index in [0.29, 0.717) is 18.8 Å². The lowest BCUT2D eigenvalue weighted by Gasteiger charge is -2.33. The number of rotatable bonds is 6. The summed E-state index contributed by atoms with van der Waals surface area (Å²) in [6.07, 6.45) is -0.171. The average Bonchev–Trinajstić information content (AvgIpc) is 2.48. The Kier molecular flexibility index (Phi) is 6.44. The molecule has 2 atom stereocenters. The minimum Gasteiger partial charge on any atom is -0.491 e. The topological polar surface area (TPSA) is 85.0 Å². The molecule has 0 aromatic heterocycles.